The fourth-order valence-electron chi connectivity index (χ4n) is 11.8. The number of aromatic nitrogens is 8. The smallest absolute Gasteiger partial charge is 0.337 e. The summed E-state index contributed by atoms with van der Waals surface area (Å²) >= 11 is 3.10. The minimum absolute atomic E-state index is 0. The highest BCUT2D eigenvalue weighted by Gasteiger charge is 2.30. The number of rotatable bonds is 22. The number of carbonyl (C=O) groups excluding carboxylic acids is 6. The number of imidazole rings is 4. The lowest BCUT2D eigenvalue weighted by Crippen LogP contribution is -2.26. The van der Waals surface area contributed by atoms with Crippen molar-refractivity contribution in [2.45, 2.75) is 87.6 Å². The quantitative estimate of drug-likeness (QED) is 0.0103. The number of hydrogen-bond acceptors (Lipinski definition) is 24. The molecule has 2 unspecified atom stereocenters. The number of alkyl halides is 1. The number of carboxylic acid groups (broad SMARTS) is 1. The molecule has 131 heavy (non-hydrogen) atoms. The fourth-order valence-corrected chi connectivity index (χ4v) is 12.6. The SMILES string of the molecule is CC(C)(C)C(=O)CBr.COc1ccc(N)c(N)c1.COc1ccc(N)c([N+](=O)[O-])c1.COc1ccc2c(c1)nc(C(=O)c1ccccc1)n2CC(=O)C(C)(C)C.COc1ccc2nc(C(=O)c3ccccc3)[nH]c2c1.COc1ccc2nc(C(=O)c3ccccc3)n(CC(=O)C(C)(C)C)c2c1.COc1ccc2nc(C(O)c3ccccc3)[nH]c2c1.O=C(O)C(O)c1ccccc1.[HH]. The number of hydrogen-bond donors (Lipinski definition) is 8. The maximum Gasteiger partial charge on any atom is 0.337 e. The molecule has 0 bridgehead atoms. The van der Waals surface area contributed by atoms with Gasteiger partial charge >= 0.3 is 5.97 Å². The number of anilines is 3. The monoisotopic (exact) mass is 1840 g/mol. The summed E-state index contributed by atoms with van der Waals surface area (Å²) in [5, 5.41) is 38.5. The Morgan fingerprint density at radius 2 is 0.779 bits per heavy atom. The number of ketones is 6. The molecule has 30 nitrogen and oxygen atoms in total. The summed E-state index contributed by atoms with van der Waals surface area (Å²) in [6, 6.07) is 76.1. The molecule has 11 N–H and O–H groups in total. The normalized spacial score (nSPS) is 11.3. The van der Waals surface area contributed by atoms with E-state index < -0.39 is 33.9 Å². The number of nitrogens with zero attached hydrogens (tertiary/aromatic N) is 7. The third-order valence-corrected chi connectivity index (χ3v) is 20.2. The third-order valence-electron chi connectivity index (χ3n) is 19.7. The number of nitrogen functional groups attached to an aromatic ring is 3. The number of methoxy groups -OCH3 is 6. The van der Waals surface area contributed by atoms with Crippen molar-refractivity contribution in [1.82, 2.24) is 39.0 Å². The largest absolute Gasteiger partial charge is 0.497 e. The van der Waals surface area contributed by atoms with E-state index >= 15 is 0 Å². The molecule has 15 rings (SSSR count). The minimum atomic E-state index is -1.41. The van der Waals surface area contributed by atoms with Crippen molar-refractivity contribution < 1.29 is 83.7 Å². The van der Waals surface area contributed by atoms with Gasteiger partial charge in [0, 0.05) is 64.7 Å². The molecular formula is C100H109BrN12O18. The van der Waals surface area contributed by atoms with Crippen LogP contribution >= 0.6 is 15.9 Å². The van der Waals surface area contributed by atoms with Crippen molar-refractivity contribution in [3.63, 3.8) is 0 Å². The van der Waals surface area contributed by atoms with Gasteiger partial charge in [0.1, 0.15) is 57.9 Å². The first-order valence-corrected chi connectivity index (χ1v) is 41.9. The number of nitrogens with one attached hydrogen (secondary N) is 2. The Hall–Kier alpha value is -15.2. The summed E-state index contributed by atoms with van der Waals surface area (Å²) in [6.45, 7) is 17.1. The summed E-state index contributed by atoms with van der Waals surface area (Å²) in [5.41, 5.74) is 25.1. The van der Waals surface area contributed by atoms with E-state index in [4.69, 9.17) is 55.8 Å². The van der Waals surface area contributed by atoms with E-state index in [-0.39, 0.29) is 77.7 Å². The van der Waals surface area contributed by atoms with Crippen molar-refractivity contribution >= 4 is 123 Å². The van der Waals surface area contributed by atoms with Crippen molar-refractivity contribution in [3.8, 4) is 34.5 Å². The van der Waals surface area contributed by atoms with Crippen molar-refractivity contribution in [2.75, 3.05) is 65.2 Å². The molecule has 684 valence electrons. The Balaban J connectivity index is 0.000000212. The predicted molar refractivity (Wildman–Crippen MR) is 512 cm³/mol. The molecule has 0 saturated carbocycles. The van der Waals surface area contributed by atoms with E-state index in [1.807, 2.05) is 190 Å². The number of aliphatic carboxylic acids is 1. The van der Waals surface area contributed by atoms with Crippen LogP contribution in [0.15, 0.2) is 261 Å². The topological polar surface area (TPSA) is 450 Å². The molecular weight excluding hydrogens is 1740 g/mol. The van der Waals surface area contributed by atoms with Crippen LogP contribution in [-0.2, 0) is 32.3 Å². The number of H-pyrrole nitrogens is 2. The molecule has 31 heteroatoms. The highest BCUT2D eigenvalue weighted by molar-refractivity contribution is 9.09. The first-order chi connectivity index (χ1) is 62.2. The van der Waals surface area contributed by atoms with Crippen molar-refractivity contribution in [1.29, 1.82) is 0 Å². The van der Waals surface area contributed by atoms with Crippen molar-refractivity contribution in [3.05, 3.63) is 322 Å². The first kappa shape index (κ1) is 101. The lowest BCUT2D eigenvalue weighted by molar-refractivity contribution is -0.384. The van der Waals surface area contributed by atoms with E-state index in [0.717, 1.165) is 50.4 Å². The van der Waals surface area contributed by atoms with Gasteiger partial charge in [-0.15, -0.1) is 0 Å². The van der Waals surface area contributed by atoms with Crippen LogP contribution in [0.25, 0.3) is 44.1 Å². The first-order valence-electron chi connectivity index (χ1n) is 40.8. The second-order valence-corrected chi connectivity index (χ2v) is 32.7. The van der Waals surface area contributed by atoms with E-state index in [2.05, 4.69) is 45.8 Å². The highest BCUT2D eigenvalue weighted by Crippen LogP contribution is 2.32. The number of halogens is 1. The van der Waals surface area contributed by atoms with Gasteiger partial charge in [0.2, 0.25) is 17.3 Å². The average Bonchev–Trinajstić information content (AvgIpc) is 1.62. The van der Waals surface area contributed by atoms with Gasteiger partial charge in [-0.25, -0.2) is 24.7 Å². The number of benzene rings is 11. The third kappa shape index (κ3) is 28.4. The van der Waals surface area contributed by atoms with Crippen molar-refractivity contribution in [2.24, 2.45) is 16.2 Å². The molecule has 11 aromatic carbocycles. The number of nitrogens with two attached hydrogens (primary N) is 3. The molecule has 15 aromatic rings. The van der Waals surface area contributed by atoms with Crippen LogP contribution in [0.4, 0.5) is 22.7 Å². The molecule has 0 aliphatic carbocycles. The summed E-state index contributed by atoms with van der Waals surface area (Å²) in [6.07, 6.45) is -2.16. The molecule has 2 atom stereocenters. The lowest BCUT2D eigenvalue weighted by Gasteiger charge is -2.18. The minimum Gasteiger partial charge on any atom is -0.497 e. The van der Waals surface area contributed by atoms with Crippen LogP contribution in [0.1, 0.15) is 141 Å². The standard InChI is InChI=1S/2C21H22N2O3.C15H14N2O2.C15H12N2O2.C8H8O3.C7H8N2O3.C7H10N2O.C6H11BrO.H2/c1-21(2,3)18(24)13-23-17-11-10-15(26-4)12-16(17)22-20(23)19(25)14-8-6-5-7-9-14;1-21(2,3)18(24)13-23-17-12-15(26-4)10-11-16(17)22-20(23)19(25)14-8-6-5-7-9-14;2*1-19-11-7-8-12-13(9-11)17-15(16-12)14(18)10-5-3-2-4-6-10;9-7(8(10)11)6-4-2-1-3-5-6;1-12-5-2-3-6(8)7(4-5)9(10)11;1-10-5-2-3-6(8)7(9)4-5;1-6(2,3)5(8)4-7;/h2*5-12H,13H2,1-4H3;2-9,14,18H,1H3,(H,16,17);2-9H,1H3,(H,16,17);1-5,7,9H,(H,10,11);2-4H,8H2,1H3;2-4H,8-9H2,1H3;4H2,1-3H3;1H. The van der Waals surface area contributed by atoms with Crippen LogP contribution in [0.2, 0.25) is 0 Å². The second-order valence-electron chi connectivity index (χ2n) is 32.1. The highest BCUT2D eigenvalue weighted by atomic mass is 79.9. The van der Waals surface area contributed by atoms with Crippen LogP contribution < -0.4 is 45.6 Å². The van der Waals surface area contributed by atoms with Gasteiger partial charge < -0.3 is 80.0 Å². The fraction of sp³-hybridized carbons (Fsp3) is 0.230. The molecule has 0 saturated heterocycles. The number of aromatic amines is 2. The number of ether oxygens (including phenoxy) is 6. The van der Waals surface area contributed by atoms with E-state index in [9.17, 15) is 48.8 Å². The van der Waals surface area contributed by atoms with Gasteiger partial charge in [-0.3, -0.25) is 38.9 Å². The Kier molecular flexibility index (Phi) is 36.3. The zero-order valence-corrected chi connectivity index (χ0v) is 76.9. The predicted octanol–water partition coefficient (Wildman–Crippen LogP) is 18.3. The number of nitro groups is 1. The molecule has 0 aliphatic heterocycles. The molecule has 4 aromatic heterocycles. The van der Waals surface area contributed by atoms with Crippen LogP contribution in [-0.4, -0.2) is 148 Å². The number of fused-ring (bicyclic) bond motifs is 4. The number of Topliss-reactive ketones (excluding diaryl/α,β-unsaturated/α-hetero) is 3. The molecule has 0 amide bonds. The lowest BCUT2D eigenvalue weighted by atomic mass is 9.91. The summed E-state index contributed by atoms with van der Waals surface area (Å²) in [4.78, 5) is 118. The van der Waals surface area contributed by atoms with Gasteiger partial charge in [-0.2, -0.15) is 0 Å². The number of aliphatic hydroxyl groups excluding tert-OH is 2. The van der Waals surface area contributed by atoms with E-state index in [0.29, 0.717) is 84.4 Å². The van der Waals surface area contributed by atoms with E-state index in [1.165, 1.54) is 19.2 Å². The van der Waals surface area contributed by atoms with Gasteiger partial charge in [-0.1, -0.05) is 230 Å². The molecule has 0 spiro atoms. The average molecular weight is 1850 g/mol. The molecule has 0 radical (unpaired) electrons. The second kappa shape index (κ2) is 47.0. The van der Waals surface area contributed by atoms with Gasteiger partial charge in [-0.05, 0) is 83.9 Å². The van der Waals surface area contributed by atoms with Gasteiger partial charge in [0.05, 0.1) is 128 Å². The summed E-state index contributed by atoms with van der Waals surface area (Å²) in [7, 11) is 9.42. The maximum atomic E-state index is 13.0. The Morgan fingerprint density at radius 3 is 1.21 bits per heavy atom. The van der Waals surface area contributed by atoms with Gasteiger partial charge in [0.15, 0.2) is 35.1 Å². The maximum absolute atomic E-state index is 13.0. The number of nitro benzene ring substituents is 1. The molecule has 4 heterocycles. The van der Waals surface area contributed by atoms with Crippen LogP contribution in [0.5, 0.6) is 34.5 Å². The molecule has 0 fully saturated rings. The zero-order valence-electron chi connectivity index (χ0n) is 75.3. The summed E-state index contributed by atoms with van der Waals surface area (Å²) < 4.78 is 34.0. The Morgan fingerprint density at radius 1 is 0.412 bits per heavy atom. The summed E-state index contributed by atoms with van der Waals surface area (Å²) in [5.74, 6) is 3.92. The zero-order chi connectivity index (χ0) is 96.0. The number of aliphatic hydroxyl groups is 2. The van der Waals surface area contributed by atoms with Crippen LogP contribution in [0.3, 0.4) is 0 Å². The Bertz CT molecular complexity index is 6360. The Labute approximate surface area is 767 Å². The van der Waals surface area contributed by atoms with Gasteiger partial charge in [0.25, 0.3) is 5.69 Å². The van der Waals surface area contributed by atoms with Crippen LogP contribution in [0, 0.1) is 26.4 Å². The number of carbonyl (C=O) groups is 7. The number of carboxylic acids is 1. The van der Waals surface area contributed by atoms with E-state index in [1.54, 1.807) is 166 Å². The molecule has 0 aliphatic rings.